The lowest BCUT2D eigenvalue weighted by Gasteiger charge is -2.50. The minimum Gasteiger partial charge on any atom is -0.288 e. The van der Waals surface area contributed by atoms with E-state index >= 15 is 0 Å². The molecule has 3 saturated heterocycles. The molecular weight excluding hydrogens is 254 g/mol. The van der Waals surface area contributed by atoms with Gasteiger partial charge in [0.15, 0.2) is 9.84 Å². The topological polar surface area (TPSA) is 37.4 Å². The maximum absolute atomic E-state index is 12.6. The minimum absolute atomic E-state index is 0.312. The van der Waals surface area contributed by atoms with Gasteiger partial charge in [-0.2, -0.15) is 11.8 Å². The van der Waals surface area contributed by atoms with E-state index in [9.17, 15) is 8.42 Å². The summed E-state index contributed by atoms with van der Waals surface area (Å²) in [5, 5.41) is 0.644. The van der Waals surface area contributed by atoms with Crippen LogP contribution in [0, 0.1) is 11.8 Å². The molecule has 3 bridgehead atoms. The number of fused-ring (bicyclic) bond motifs is 2. The highest BCUT2D eigenvalue weighted by molar-refractivity contribution is 8.02. The highest BCUT2D eigenvalue weighted by Crippen LogP contribution is 2.78. The molecule has 0 radical (unpaired) electrons. The van der Waals surface area contributed by atoms with Gasteiger partial charge in [0, 0.05) is 16.0 Å². The van der Waals surface area contributed by atoms with Crippen molar-refractivity contribution in [2.24, 2.45) is 11.8 Å². The molecular formula is C12H17NO2S2. The quantitative estimate of drug-likeness (QED) is 0.661. The lowest BCUT2D eigenvalue weighted by molar-refractivity contribution is 0.0803. The normalized spacial score (nSPS) is 65.7. The highest BCUT2D eigenvalue weighted by atomic mass is 32.2. The van der Waals surface area contributed by atoms with Crippen molar-refractivity contribution in [3.05, 3.63) is 0 Å². The van der Waals surface area contributed by atoms with Crippen LogP contribution in [0.1, 0.15) is 25.7 Å². The molecule has 2 spiro atoms. The first-order valence-corrected chi connectivity index (χ1v) is 9.12. The van der Waals surface area contributed by atoms with E-state index in [1.165, 1.54) is 12.8 Å². The Hall–Kier alpha value is 0.260. The largest absolute Gasteiger partial charge is 0.288 e. The Morgan fingerprint density at radius 3 is 3.00 bits per heavy atom. The van der Waals surface area contributed by atoms with Crippen LogP contribution in [0.4, 0.5) is 0 Å². The molecule has 6 atom stereocenters. The zero-order chi connectivity index (χ0) is 11.6. The molecule has 5 fully saturated rings. The van der Waals surface area contributed by atoms with E-state index in [0.29, 0.717) is 27.8 Å². The molecule has 5 heteroatoms. The number of hydrogen-bond donors (Lipinski definition) is 0. The zero-order valence-electron chi connectivity index (χ0n) is 9.93. The van der Waals surface area contributed by atoms with Crippen molar-refractivity contribution in [3.63, 3.8) is 0 Å². The van der Waals surface area contributed by atoms with Crippen LogP contribution in [0.15, 0.2) is 0 Å². The van der Waals surface area contributed by atoms with Gasteiger partial charge in [0.2, 0.25) is 0 Å². The Labute approximate surface area is 106 Å². The monoisotopic (exact) mass is 271 g/mol. The number of nitrogens with zero attached hydrogens (tertiary/aromatic N) is 1. The molecule has 5 aliphatic rings. The summed E-state index contributed by atoms with van der Waals surface area (Å²) < 4.78 is 25.3. The first-order chi connectivity index (χ1) is 7.99. The fourth-order valence-electron chi connectivity index (χ4n) is 5.96. The van der Waals surface area contributed by atoms with Gasteiger partial charge >= 0.3 is 0 Å². The summed E-state index contributed by atoms with van der Waals surface area (Å²) in [5.74, 6) is 1.83. The van der Waals surface area contributed by atoms with Crippen molar-refractivity contribution in [2.45, 2.75) is 46.5 Å². The van der Waals surface area contributed by atoms with Gasteiger partial charge in [-0.25, -0.2) is 8.42 Å². The molecule has 94 valence electrons. The van der Waals surface area contributed by atoms with E-state index in [2.05, 4.69) is 16.7 Å². The zero-order valence-corrected chi connectivity index (χ0v) is 11.6. The number of thioether (sulfide) groups is 1. The van der Waals surface area contributed by atoms with Crippen LogP contribution in [0.3, 0.4) is 0 Å². The summed E-state index contributed by atoms with van der Waals surface area (Å²) >= 11 is 2.16. The number of hydrogen-bond acceptors (Lipinski definition) is 4. The summed E-state index contributed by atoms with van der Waals surface area (Å²) in [7, 11) is -0.863. The van der Waals surface area contributed by atoms with Gasteiger partial charge in [0.25, 0.3) is 0 Å². The Morgan fingerprint density at radius 1 is 1.35 bits per heavy atom. The molecule has 0 aromatic carbocycles. The van der Waals surface area contributed by atoms with Crippen molar-refractivity contribution in [1.82, 2.24) is 4.90 Å². The fraction of sp³-hybridized carbons (Fsp3) is 1.00. The third-order valence-corrected chi connectivity index (χ3v) is 10.8. The number of sulfone groups is 1. The predicted octanol–water partition coefficient (Wildman–Crippen LogP) is 1.10. The van der Waals surface area contributed by atoms with Gasteiger partial charge in [-0.05, 0) is 44.6 Å². The molecule has 0 amide bonds. The van der Waals surface area contributed by atoms with Crippen molar-refractivity contribution in [1.29, 1.82) is 0 Å². The summed E-state index contributed by atoms with van der Waals surface area (Å²) in [6.45, 7) is 0. The second-order valence-corrected chi connectivity index (χ2v) is 10.8. The molecule has 0 N–H and O–H groups in total. The maximum atomic E-state index is 12.6. The van der Waals surface area contributed by atoms with E-state index in [1.807, 2.05) is 7.05 Å². The van der Waals surface area contributed by atoms with Crippen LogP contribution >= 0.6 is 11.8 Å². The molecule has 6 unspecified atom stereocenters. The Bertz CT molecular complexity index is 533. The molecule has 0 aromatic rings. The van der Waals surface area contributed by atoms with Gasteiger partial charge in [-0.1, -0.05) is 0 Å². The molecule has 2 saturated carbocycles. The van der Waals surface area contributed by atoms with Gasteiger partial charge in [0.1, 0.15) is 5.88 Å². The average molecular weight is 271 g/mol. The Balaban J connectivity index is 1.79. The molecule has 3 aliphatic heterocycles. The fourth-order valence-corrected chi connectivity index (χ4v) is 11.2. The molecule has 0 aromatic heterocycles. The van der Waals surface area contributed by atoms with Crippen LogP contribution < -0.4 is 0 Å². The Morgan fingerprint density at radius 2 is 2.18 bits per heavy atom. The standard InChI is InChI=1S/C12H17NO2S2/c1-13-6-17(14,15)11-4-8-2-7-3-9(10(11)13)12(7,5-11)16-8/h7-10H,2-6H2,1H3. The van der Waals surface area contributed by atoms with Crippen LogP contribution in [-0.2, 0) is 9.84 Å². The maximum Gasteiger partial charge on any atom is 0.170 e. The smallest absolute Gasteiger partial charge is 0.170 e. The van der Waals surface area contributed by atoms with Crippen molar-refractivity contribution in [2.75, 3.05) is 12.9 Å². The lowest BCUT2D eigenvalue weighted by atomic mass is 9.63. The predicted molar refractivity (Wildman–Crippen MR) is 67.6 cm³/mol. The van der Waals surface area contributed by atoms with Crippen LogP contribution in [0.5, 0.6) is 0 Å². The highest BCUT2D eigenvalue weighted by Gasteiger charge is 2.81. The van der Waals surface area contributed by atoms with Crippen LogP contribution in [0.25, 0.3) is 0 Å². The van der Waals surface area contributed by atoms with Gasteiger partial charge < -0.3 is 0 Å². The first kappa shape index (κ1) is 10.1. The van der Waals surface area contributed by atoms with E-state index in [-0.39, 0.29) is 4.75 Å². The van der Waals surface area contributed by atoms with Crippen molar-refractivity contribution < 1.29 is 8.42 Å². The number of rotatable bonds is 0. The van der Waals surface area contributed by atoms with E-state index in [4.69, 9.17) is 0 Å². The van der Waals surface area contributed by atoms with Crippen molar-refractivity contribution in [3.8, 4) is 0 Å². The average Bonchev–Trinajstić information content (AvgIpc) is 2.59. The van der Waals surface area contributed by atoms with Crippen LogP contribution in [-0.4, -0.2) is 47.0 Å². The molecule has 3 nitrogen and oxygen atoms in total. The Kier molecular flexibility index (Phi) is 1.46. The first-order valence-electron chi connectivity index (χ1n) is 6.59. The summed E-state index contributed by atoms with van der Waals surface area (Å²) in [4.78, 5) is 2.16. The van der Waals surface area contributed by atoms with E-state index < -0.39 is 9.84 Å². The second-order valence-electron chi connectivity index (χ2n) is 6.86. The molecule has 3 heterocycles. The summed E-state index contributed by atoms with van der Waals surface area (Å²) in [5.41, 5.74) is 0. The minimum atomic E-state index is -2.89. The van der Waals surface area contributed by atoms with Gasteiger partial charge in [-0.15, -0.1) is 0 Å². The SMILES string of the molecule is CN1CS(=O)(=O)C23CC4CC5CC(C12)C5(C3)S4. The third-order valence-electron chi connectivity index (χ3n) is 6.33. The lowest BCUT2D eigenvalue weighted by Crippen LogP contribution is -2.52. The molecule has 5 rings (SSSR count). The van der Waals surface area contributed by atoms with Gasteiger partial charge in [-0.3, -0.25) is 4.90 Å². The van der Waals surface area contributed by atoms with E-state index in [0.717, 1.165) is 18.8 Å². The van der Waals surface area contributed by atoms with Crippen molar-refractivity contribution >= 4 is 21.6 Å². The second kappa shape index (κ2) is 2.46. The summed E-state index contributed by atoms with van der Waals surface area (Å²) in [6, 6.07) is 0.349. The third kappa shape index (κ3) is 0.801. The van der Waals surface area contributed by atoms with Gasteiger partial charge in [0.05, 0.1) is 4.75 Å². The van der Waals surface area contributed by atoms with Crippen LogP contribution in [0.2, 0.25) is 0 Å². The summed E-state index contributed by atoms with van der Waals surface area (Å²) in [6.07, 6.45) is 4.53. The molecule has 2 aliphatic carbocycles. The molecule has 17 heavy (non-hydrogen) atoms. The van der Waals surface area contributed by atoms with E-state index in [1.54, 1.807) is 0 Å².